The highest BCUT2D eigenvalue weighted by Crippen LogP contribution is 2.21. The molecule has 108 valence electrons. The fourth-order valence-electron chi connectivity index (χ4n) is 1.64. The van der Waals surface area contributed by atoms with Gasteiger partial charge in [0.05, 0.1) is 6.61 Å². The van der Waals surface area contributed by atoms with Gasteiger partial charge < -0.3 is 10.5 Å². The number of halogens is 3. The van der Waals surface area contributed by atoms with E-state index in [2.05, 4.69) is 0 Å². The zero-order chi connectivity index (χ0) is 14.3. The average Bonchev–Trinajstić information content (AvgIpc) is 2.37. The van der Waals surface area contributed by atoms with Gasteiger partial charge in [0.25, 0.3) is 0 Å². The average molecular weight is 275 g/mol. The Morgan fingerprint density at radius 2 is 1.84 bits per heavy atom. The monoisotopic (exact) mass is 275 g/mol. The van der Waals surface area contributed by atoms with Gasteiger partial charge in [-0.3, -0.25) is 0 Å². The first-order valence-electron chi connectivity index (χ1n) is 6.36. The van der Waals surface area contributed by atoms with Gasteiger partial charge in [-0.2, -0.15) is 13.2 Å². The zero-order valence-electron chi connectivity index (χ0n) is 11.0. The second kappa shape index (κ2) is 7.50. The van der Waals surface area contributed by atoms with E-state index in [1.165, 1.54) is 0 Å². The third-order valence-corrected chi connectivity index (χ3v) is 2.92. The van der Waals surface area contributed by atoms with Crippen molar-refractivity contribution in [3.05, 3.63) is 35.4 Å². The van der Waals surface area contributed by atoms with E-state index in [0.717, 1.165) is 11.1 Å². The van der Waals surface area contributed by atoms with Crippen LogP contribution in [-0.2, 0) is 11.3 Å². The lowest BCUT2D eigenvalue weighted by atomic mass is 10.0. The molecule has 1 unspecified atom stereocenters. The molecule has 0 amide bonds. The highest BCUT2D eigenvalue weighted by molar-refractivity contribution is 5.24. The predicted molar refractivity (Wildman–Crippen MR) is 68.9 cm³/mol. The standard InChI is InChI=1S/C14H20F3NO/c1-11(9-18)13-5-3-12(4-6-13)10-19-8-2-7-14(15,16)17/h3-6,11H,2,7-10,18H2,1H3. The number of nitrogens with two attached hydrogens (primary N) is 1. The molecule has 0 aromatic heterocycles. The minimum absolute atomic E-state index is 0.00575. The molecule has 0 spiro atoms. The number of rotatable bonds is 7. The first kappa shape index (κ1) is 16.0. The molecule has 0 aliphatic carbocycles. The van der Waals surface area contributed by atoms with Crippen molar-refractivity contribution in [1.29, 1.82) is 0 Å². The third kappa shape index (κ3) is 6.59. The molecule has 0 heterocycles. The summed E-state index contributed by atoms with van der Waals surface area (Å²) in [4.78, 5) is 0. The van der Waals surface area contributed by atoms with Gasteiger partial charge in [0.1, 0.15) is 0 Å². The van der Waals surface area contributed by atoms with Crippen LogP contribution in [-0.4, -0.2) is 19.3 Å². The van der Waals surface area contributed by atoms with Gasteiger partial charge >= 0.3 is 6.18 Å². The van der Waals surface area contributed by atoms with Crippen LogP contribution in [0.3, 0.4) is 0 Å². The summed E-state index contributed by atoms with van der Waals surface area (Å²) in [6, 6.07) is 7.80. The first-order valence-corrected chi connectivity index (χ1v) is 6.36. The lowest BCUT2D eigenvalue weighted by Crippen LogP contribution is -2.09. The lowest BCUT2D eigenvalue weighted by molar-refractivity contribution is -0.138. The van der Waals surface area contributed by atoms with Gasteiger partial charge in [-0.15, -0.1) is 0 Å². The predicted octanol–water partition coefficient (Wildman–Crippen LogP) is 3.61. The molecule has 0 saturated heterocycles. The molecule has 5 heteroatoms. The van der Waals surface area contributed by atoms with Gasteiger partial charge in [0.2, 0.25) is 0 Å². The van der Waals surface area contributed by atoms with Crippen LogP contribution in [0.15, 0.2) is 24.3 Å². The highest BCUT2D eigenvalue weighted by Gasteiger charge is 2.25. The van der Waals surface area contributed by atoms with Crippen LogP contribution in [0.4, 0.5) is 13.2 Å². The maximum Gasteiger partial charge on any atom is 0.389 e. The summed E-state index contributed by atoms with van der Waals surface area (Å²) in [5.74, 6) is 0.307. The van der Waals surface area contributed by atoms with Crippen LogP contribution < -0.4 is 5.73 Å². The maximum atomic E-state index is 11.9. The van der Waals surface area contributed by atoms with Gasteiger partial charge in [-0.05, 0) is 30.0 Å². The van der Waals surface area contributed by atoms with Crippen molar-refractivity contribution in [2.45, 2.75) is 38.5 Å². The Kier molecular flexibility index (Phi) is 6.31. The van der Waals surface area contributed by atoms with E-state index in [0.29, 0.717) is 19.1 Å². The Morgan fingerprint density at radius 3 is 2.37 bits per heavy atom. The van der Waals surface area contributed by atoms with Crippen molar-refractivity contribution in [3.8, 4) is 0 Å². The van der Waals surface area contributed by atoms with Crippen LogP contribution in [0.25, 0.3) is 0 Å². The molecule has 2 N–H and O–H groups in total. The molecule has 0 radical (unpaired) electrons. The van der Waals surface area contributed by atoms with Crippen LogP contribution in [0.5, 0.6) is 0 Å². The topological polar surface area (TPSA) is 35.2 Å². The largest absolute Gasteiger partial charge is 0.389 e. The minimum atomic E-state index is -4.09. The summed E-state index contributed by atoms with van der Waals surface area (Å²) < 4.78 is 40.9. The summed E-state index contributed by atoms with van der Waals surface area (Å²) >= 11 is 0. The summed E-state index contributed by atoms with van der Waals surface area (Å²) in [6.45, 7) is 3.10. The summed E-state index contributed by atoms with van der Waals surface area (Å²) in [6.07, 6.45) is -4.88. The molecule has 0 aliphatic rings. The van der Waals surface area contributed by atoms with E-state index < -0.39 is 12.6 Å². The van der Waals surface area contributed by atoms with Crippen LogP contribution in [0, 0.1) is 0 Å². The van der Waals surface area contributed by atoms with Crippen LogP contribution >= 0.6 is 0 Å². The number of benzene rings is 1. The van der Waals surface area contributed by atoms with Crippen molar-refractivity contribution in [3.63, 3.8) is 0 Å². The van der Waals surface area contributed by atoms with E-state index in [1.807, 2.05) is 31.2 Å². The summed E-state index contributed by atoms with van der Waals surface area (Å²) in [5, 5.41) is 0. The van der Waals surface area contributed by atoms with Crippen LogP contribution in [0.1, 0.15) is 36.8 Å². The highest BCUT2D eigenvalue weighted by atomic mass is 19.4. The molecular formula is C14H20F3NO. The molecule has 19 heavy (non-hydrogen) atoms. The second-order valence-corrected chi connectivity index (χ2v) is 4.65. The van der Waals surface area contributed by atoms with Crippen molar-refractivity contribution >= 4 is 0 Å². The summed E-state index contributed by atoms with van der Waals surface area (Å²) in [5.41, 5.74) is 7.69. The van der Waals surface area contributed by atoms with Crippen molar-refractivity contribution in [2.24, 2.45) is 5.73 Å². The number of hydrogen-bond acceptors (Lipinski definition) is 2. The Labute approximate surface area is 111 Å². The zero-order valence-corrected chi connectivity index (χ0v) is 11.0. The maximum absolute atomic E-state index is 11.9. The second-order valence-electron chi connectivity index (χ2n) is 4.65. The molecule has 1 rings (SSSR count). The van der Waals surface area contributed by atoms with Gasteiger partial charge in [-0.25, -0.2) is 0 Å². The number of ether oxygens (including phenoxy) is 1. The number of alkyl halides is 3. The normalized spacial score (nSPS) is 13.5. The smallest absolute Gasteiger partial charge is 0.377 e. The van der Waals surface area contributed by atoms with Crippen molar-refractivity contribution in [2.75, 3.05) is 13.2 Å². The molecule has 1 atom stereocenters. The van der Waals surface area contributed by atoms with E-state index in [4.69, 9.17) is 10.5 Å². The van der Waals surface area contributed by atoms with Crippen LogP contribution in [0.2, 0.25) is 0 Å². The molecule has 0 aliphatic heterocycles. The lowest BCUT2D eigenvalue weighted by Gasteiger charge is -2.10. The van der Waals surface area contributed by atoms with Gasteiger partial charge in [0, 0.05) is 13.0 Å². The molecule has 0 bridgehead atoms. The molecule has 1 aromatic rings. The Balaban J connectivity index is 2.27. The molecule has 1 aromatic carbocycles. The first-order chi connectivity index (χ1) is 8.92. The van der Waals surface area contributed by atoms with Crippen molar-refractivity contribution in [1.82, 2.24) is 0 Å². The molecule has 0 saturated carbocycles. The molecule has 2 nitrogen and oxygen atoms in total. The minimum Gasteiger partial charge on any atom is -0.377 e. The van der Waals surface area contributed by atoms with Crippen molar-refractivity contribution < 1.29 is 17.9 Å². The molecule has 0 fully saturated rings. The quantitative estimate of drug-likeness (QED) is 0.771. The number of hydrogen-bond donors (Lipinski definition) is 1. The van der Waals surface area contributed by atoms with Gasteiger partial charge in [0.15, 0.2) is 0 Å². The fourth-order valence-corrected chi connectivity index (χ4v) is 1.64. The fraction of sp³-hybridized carbons (Fsp3) is 0.571. The third-order valence-electron chi connectivity index (χ3n) is 2.92. The summed E-state index contributed by atoms with van der Waals surface area (Å²) in [7, 11) is 0. The Morgan fingerprint density at radius 1 is 1.21 bits per heavy atom. The molecular weight excluding hydrogens is 255 g/mol. The SMILES string of the molecule is CC(CN)c1ccc(COCCCC(F)(F)F)cc1. The Hall–Kier alpha value is -1.07. The van der Waals surface area contributed by atoms with E-state index >= 15 is 0 Å². The van der Waals surface area contributed by atoms with E-state index in [9.17, 15) is 13.2 Å². The Bertz CT molecular complexity index is 362. The van der Waals surface area contributed by atoms with E-state index in [1.54, 1.807) is 0 Å². The van der Waals surface area contributed by atoms with Gasteiger partial charge in [-0.1, -0.05) is 31.2 Å². The van der Waals surface area contributed by atoms with E-state index in [-0.39, 0.29) is 13.0 Å².